The molecule has 0 unspecified atom stereocenters. The molecule has 8 heteroatoms. The van der Waals surface area contributed by atoms with E-state index in [1.807, 2.05) is 12.3 Å². The van der Waals surface area contributed by atoms with E-state index in [1.165, 1.54) is 29.2 Å². The maximum absolute atomic E-state index is 13.7. The van der Waals surface area contributed by atoms with Gasteiger partial charge < -0.3 is 10.6 Å². The Balaban J connectivity index is 1.51. The van der Waals surface area contributed by atoms with Crippen LogP contribution >= 0.6 is 23.1 Å². The number of rotatable bonds is 5. The lowest BCUT2D eigenvalue weighted by Gasteiger charge is -2.28. The minimum absolute atomic E-state index is 0.226. The number of thiazole rings is 1. The van der Waals surface area contributed by atoms with Crippen LogP contribution in [0.15, 0.2) is 29.6 Å². The average Bonchev–Trinajstić information content (AvgIpc) is 3.02. The van der Waals surface area contributed by atoms with E-state index in [2.05, 4.69) is 15.6 Å². The SMILES string of the molecule is Cc1nc(CNC(=O)[C@@H]2CS[C@@H](Cc3ccccc3F)C(=O)N2)cs1. The standard InChI is InChI=1S/C17H18FN3O2S2/c1-10-20-12(8-24-10)7-19-16(22)14-9-25-15(17(23)21-14)6-11-4-2-3-5-13(11)18/h2-5,8,14-15H,6-7,9H2,1H3,(H,19,22)(H,21,23)/t14-,15-/m0/s1. The molecule has 3 rings (SSSR count). The number of carbonyl (C=O) groups excluding carboxylic acids is 2. The molecule has 1 aromatic heterocycles. The number of nitrogens with zero attached hydrogens (tertiary/aromatic N) is 1. The van der Waals surface area contributed by atoms with Gasteiger partial charge in [0, 0.05) is 11.1 Å². The van der Waals surface area contributed by atoms with Crippen LogP contribution in [0.4, 0.5) is 4.39 Å². The van der Waals surface area contributed by atoms with Gasteiger partial charge in [0.1, 0.15) is 11.9 Å². The highest BCUT2D eigenvalue weighted by Crippen LogP contribution is 2.23. The van der Waals surface area contributed by atoms with Gasteiger partial charge in [0.15, 0.2) is 0 Å². The highest BCUT2D eigenvalue weighted by Gasteiger charge is 2.32. The van der Waals surface area contributed by atoms with Crippen LogP contribution in [0.5, 0.6) is 0 Å². The van der Waals surface area contributed by atoms with E-state index in [-0.39, 0.29) is 22.9 Å². The third-order valence-corrected chi connectivity index (χ3v) is 5.99. The fraction of sp³-hybridized carbons (Fsp3) is 0.353. The molecule has 25 heavy (non-hydrogen) atoms. The number of hydrogen-bond donors (Lipinski definition) is 2. The fourth-order valence-corrected chi connectivity index (χ4v) is 4.33. The van der Waals surface area contributed by atoms with Gasteiger partial charge >= 0.3 is 0 Å². The molecule has 2 amide bonds. The minimum Gasteiger partial charge on any atom is -0.349 e. The smallest absolute Gasteiger partial charge is 0.243 e. The van der Waals surface area contributed by atoms with Crippen LogP contribution in [0.1, 0.15) is 16.3 Å². The van der Waals surface area contributed by atoms with Gasteiger partial charge in [-0.3, -0.25) is 9.59 Å². The van der Waals surface area contributed by atoms with E-state index in [4.69, 9.17) is 0 Å². The monoisotopic (exact) mass is 379 g/mol. The van der Waals surface area contributed by atoms with Gasteiger partial charge in [-0.2, -0.15) is 0 Å². The Morgan fingerprint density at radius 3 is 2.92 bits per heavy atom. The van der Waals surface area contributed by atoms with Crippen LogP contribution in [0.3, 0.4) is 0 Å². The van der Waals surface area contributed by atoms with E-state index in [0.717, 1.165) is 10.7 Å². The number of aromatic nitrogens is 1. The number of halogens is 1. The normalized spacial score (nSPS) is 20.2. The first-order valence-electron chi connectivity index (χ1n) is 7.87. The summed E-state index contributed by atoms with van der Waals surface area (Å²) in [7, 11) is 0. The third-order valence-electron chi connectivity index (χ3n) is 3.86. The van der Waals surface area contributed by atoms with E-state index < -0.39 is 6.04 Å². The first kappa shape index (κ1) is 17.9. The summed E-state index contributed by atoms with van der Waals surface area (Å²) in [5.41, 5.74) is 1.32. The number of amides is 2. The third kappa shape index (κ3) is 4.58. The van der Waals surface area contributed by atoms with Crippen molar-refractivity contribution in [1.29, 1.82) is 0 Å². The highest BCUT2D eigenvalue weighted by molar-refractivity contribution is 8.00. The summed E-state index contributed by atoms with van der Waals surface area (Å²) in [6.45, 7) is 2.25. The van der Waals surface area contributed by atoms with E-state index in [9.17, 15) is 14.0 Å². The molecule has 2 N–H and O–H groups in total. The van der Waals surface area contributed by atoms with Crippen molar-refractivity contribution in [2.24, 2.45) is 0 Å². The molecule has 1 aromatic carbocycles. The molecule has 1 fully saturated rings. The maximum Gasteiger partial charge on any atom is 0.243 e. The van der Waals surface area contributed by atoms with Gasteiger partial charge in [-0.05, 0) is 25.0 Å². The lowest BCUT2D eigenvalue weighted by Crippen LogP contribution is -2.54. The van der Waals surface area contributed by atoms with E-state index in [1.54, 1.807) is 18.2 Å². The summed E-state index contributed by atoms with van der Waals surface area (Å²) in [6.07, 6.45) is 0.315. The summed E-state index contributed by atoms with van der Waals surface area (Å²) in [6, 6.07) is 5.86. The molecule has 1 aliphatic heterocycles. The molecular weight excluding hydrogens is 361 g/mol. The molecule has 0 bridgehead atoms. The Morgan fingerprint density at radius 1 is 1.44 bits per heavy atom. The summed E-state index contributed by atoms with van der Waals surface area (Å²) in [5, 5.41) is 7.98. The first-order chi connectivity index (χ1) is 12.0. The molecule has 0 radical (unpaired) electrons. The number of benzene rings is 1. The number of nitrogens with one attached hydrogen (secondary N) is 2. The Labute approximate surface area is 153 Å². The van der Waals surface area contributed by atoms with Crippen LogP contribution in [0.25, 0.3) is 0 Å². The molecule has 0 spiro atoms. The Bertz CT molecular complexity index is 781. The first-order valence-corrected chi connectivity index (χ1v) is 9.80. The maximum atomic E-state index is 13.7. The minimum atomic E-state index is -0.575. The predicted molar refractivity (Wildman–Crippen MR) is 97.0 cm³/mol. The molecule has 2 atom stereocenters. The molecule has 1 saturated heterocycles. The Morgan fingerprint density at radius 2 is 2.24 bits per heavy atom. The Kier molecular flexibility index (Phi) is 5.70. The van der Waals surface area contributed by atoms with Crippen LogP contribution < -0.4 is 10.6 Å². The highest BCUT2D eigenvalue weighted by atomic mass is 32.2. The van der Waals surface area contributed by atoms with Crippen molar-refractivity contribution in [2.45, 2.75) is 31.2 Å². The zero-order chi connectivity index (χ0) is 17.8. The lowest BCUT2D eigenvalue weighted by molar-refractivity contribution is -0.128. The number of hydrogen-bond acceptors (Lipinski definition) is 5. The second-order valence-electron chi connectivity index (χ2n) is 5.75. The largest absolute Gasteiger partial charge is 0.349 e. The molecule has 0 saturated carbocycles. The molecule has 0 aliphatic carbocycles. The zero-order valence-electron chi connectivity index (χ0n) is 13.6. The summed E-state index contributed by atoms with van der Waals surface area (Å²) < 4.78 is 13.7. The molecule has 5 nitrogen and oxygen atoms in total. The van der Waals surface area contributed by atoms with Crippen LogP contribution in [-0.2, 0) is 22.6 Å². The number of thioether (sulfide) groups is 1. The van der Waals surface area contributed by atoms with E-state index >= 15 is 0 Å². The quantitative estimate of drug-likeness (QED) is 0.834. The van der Waals surface area contributed by atoms with Crippen molar-refractivity contribution in [3.05, 3.63) is 51.7 Å². The number of aryl methyl sites for hydroxylation is 1. The van der Waals surface area contributed by atoms with Crippen molar-refractivity contribution < 1.29 is 14.0 Å². The van der Waals surface area contributed by atoms with Gasteiger partial charge in [-0.25, -0.2) is 9.37 Å². The van der Waals surface area contributed by atoms with Gasteiger partial charge in [0.2, 0.25) is 11.8 Å². The average molecular weight is 379 g/mol. The zero-order valence-corrected chi connectivity index (χ0v) is 15.3. The van der Waals surface area contributed by atoms with Crippen LogP contribution in [0, 0.1) is 12.7 Å². The topological polar surface area (TPSA) is 71.1 Å². The molecular formula is C17H18FN3O2S2. The van der Waals surface area contributed by atoms with Crippen molar-refractivity contribution in [3.8, 4) is 0 Å². The lowest BCUT2D eigenvalue weighted by atomic mass is 10.1. The summed E-state index contributed by atoms with van der Waals surface area (Å²) >= 11 is 2.91. The fourth-order valence-electron chi connectivity index (χ4n) is 2.54. The molecule has 132 valence electrons. The summed E-state index contributed by atoms with van der Waals surface area (Å²) in [5.74, 6) is -0.304. The van der Waals surface area contributed by atoms with Crippen molar-refractivity contribution in [3.63, 3.8) is 0 Å². The van der Waals surface area contributed by atoms with Crippen molar-refractivity contribution in [2.75, 3.05) is 5.75 Å². The van der Waals surface area contributed by atoms with Gasteiger partial charge in [-0.1, -0.05) is 18.2 Å². The van der Waals surface area contributed by atoms with Crippen LogP contribution in [0.2, 0.25) is 0 Å². The van der Waals surface area contributed by atoms with Gasteiger partial charge in [0.25, 0.3) is 0 Å². The molecule has 2 aromatic rings. The molecule has 1 aliphatic rings. The van der Waals surface area contributed by atoms with Crippen molar-refractivity contribution in [1.82, 2.24) is 15.6 Å². The van der Waals surface area contributed by atoms with Crippen LogP contribution in [-0.4, -0.2) is 33.8 Å². The van der Waals surface area contributed by atoms with Gasteiger partial charge in [-0.15, -0.1) is 23.1 Å². The van der Waals surface area contributed by atoms with Crippen molar-refractivity contribution >= 4 is 34.9 Å². The second-order valence-corrected chi connectivity index (χ2v) is 8.05. The van der Waals surface area contributed by atoms with E-state index in [0.29, 0.717) is 24.3 Å². The summed E-state index contributed by atoms with van der Waals surface area (Å²) in [4.78, 5) is 28.8. The number of carbonyl (C=O) groups is 2. The second kappa shape index (κ2) is 7.97. The molecule has 2 heterocycles. The predicted octanol–water partition coefficient (Wildman–Crippen LogP) is 2.05. The Hall–Kier alpha value is -1.93. The van der Waals surface area contributed by atoms with Gasteiger partial charge in [0.05, 0.1) is 22.5 Å².